The lowest BCUT2D eigenvalue weighted by Gasteiger charge is -2.10. The highest BCUT2D eigenvalue weighted by Crippen LogP contribution is 2.54. The molecule has 1 aliphatic rings. The zero-order chi connectivity index (χ0) is 10.9. The fraction of sp³-hybridized carbons (Fsp3) is 0.625. The lowest BCUT2D eigenvalue weighted by atomic mass is 10.0. The van der Waals surface area contributed by atoms with E-state index in [0.29, 0.717) is 0 Å². The van der Waals surface area contributed by atoms with Crippen LogP contribution in [0, 0.1) is 11.3 Å². The van der Waals surface area contributed by atoms with Crippen molar-refractivity contribution in [2.45, 2.75) is 6.42 Å². The summed E-state index contributed by atoms with van der Waals surface area (Å²) in [5.74, 6) is -3.92. The largest absolute Gasteiger partial charge is 0.481 e. The van der Waals surface area contributed by atoms with Gasteiger partial charge in [-0.3, -0.25) is 14.4 Å². The zero-order valence-electron chi connectivity index (χ0n) is 7.77. The van der Waals surface area contributed by atoms with Crippen LogP contribution in [0.5, 0.6) is 0 Å². The lowest BCUT2D eigenvalue weighted by Crippen LogP contribution is -2.32. The molecule has 0 aromatic carbocycles. The van der Waals surface area contributed by atoms with Crippen LogP contribution in [0.15, 0.2) is 0 Å². The number of carbonyl (C=O) groups is 3. The van der Waals surface area contributed by atoms with Crippen molar-refractivity contribution in [3.8, 4) is 0 Å². The van der Waals surface area contributed by atoms with Gasteiger partial charge in [-0.1, -0.05) is 0 Å². The average molecular weight is 202 g/mol. The van der Waals surface area contributed by atoms with E-state index in [2.05, 4.69) is 9.47 Å². The highest BCUT2D eigenvalue weighted by Gasteiger charge is 2.71. The van der Waals surface area contributed by atoms with E-state index in [1.807, 2.05) is 0 Å². The standard InChI is InChI=1S/C8H10O6/c1-13-6(11)8(7(12)14-2)3-4(8)5(9)10/h4H,3H2,1-2H3,(H,9,10). The monoisotopic (exact) mass is 202 g/mol. The maximum absolute atomic E-state index is 11.2. The number of aliphatic carboxylic acids is 1. The predicted octanol–water partition coefficient (Wildman–Crippen LogP) is -0.577. The number of carbonyl (C=O) groups excluding carboxylic acids is 2. The Bertz CT molecular complexity index is 278. The van der Waals surface area contributed by atoms with Gasteiger partial charge in [-0.05, 0) is 6.42 Å². The summed E-state index contributed by atoms with van der Waals surface area (Å²) in [5.41, 5.74) is -1.62. The first kappa shape index (κ1) is 10.5. The molecule has 0 radical (unpaired) electrons. The summed E-state index contributed by atoms with van der Waals surface area (Å²) in [6.45, 7) is 0. The summed E-state index contributed by atoms with van der Waals surface area (Å²) in [6, 6.07) is 0. The second kappa shape index (κ2) is 3.28. The van der Waals surface area contributed by atoms with E-state index in [4.69, 9.17) is 5.11 Å². The molecule has 1 aliphatic carbocycles. The van der Waals surface area contributed by atoms with E-state index in [0.717, 1.165) is 14.2 Å². The van der Waals surface area contributed by atoms with Crippen molar-refractivity contribution < 1.29 is 29.0 Å². The molecule has 78 valence electrons. The molecule has 1 saturated carbocycles. The van der Waals surface area contributed by atoms with Gasteiger partial charge < -0.3 is 14.6 Å². The quantitative estimate of drug-likeness (QED) is 0.486. The molecule has 0 aromatic rings. The van der Waals surface area contributed by atoms with Crippen LogP contribution < -0.4 is 0 Å². The molecule has 0 aromatic heterocycles. The van der Waals surface area contributed by atoms with Crippen LogP contribution in [0.4, 0.5) is 0 Å². The molecule has 1 rings (SSSR count). The van der Waals surface area contributed by atoms with Crippen molar-refractivity contribution in [2.24, 2.45) is 11.3 Å². The van der Waals surface area contributed by atoms with E-state index >= 15 is 0 Å². The Balaban J connectivity index is 2.91. The van der Waals surface area contributed by atoms with Crippen LogP contribution in [0.3, 0.4) is 0 Å². The van der Waals surface area contributed by atoms with Crippen LogP contribution in [0.2, 0.25) is 0 Å². The Morgan fingerprint density at radius 3 is 1.86 bits per heavy atom. The third-order valence-electron chi connectivity index (χ3n) is 2.36. The van der Waals surface area contributed by atoms with E-state index < -0.39 is 29.2 Å². The molecule has 0 spiro atoms. The minimum Gasteiger partial charge on any atom is -0.481 e. The number of ether oxygens (including phenoxy) is 2. The van der Waals surface area contributed by atoms with Gasteiger partial charge in [0.2, 0.25) is 0 Å². The molecule has 14 heavy (non-hydrogen) atoms. The van der Waals surface area contributed by atoms with E-state index in [9.17, 15) is 14.4 Å². The molecular formula is C8H10O6. The molecule has 6 heteroatoms. The molecule has 0 saturated heterocycles. The first-order chi connectivity index (χ1) is 6.50. The van der Waals surface area contributed by atoms with Gasteiger partial charge in [0.15, 0.2) is 5.41 Å². The molecular weight excluding hydrogens is 192 g/mol. The van der Waals surface area contributed by atoms with Gasteiger partial charge in [-0.25, -0.2) is 0 Å². The lowest BCUT2D eigenvalue weighted by molar-refractivity contribution is -0.164. The van der Waals surface area contributed by atoms with Gasteiger partial charge in [0, 0.05) is 0 Å². The number of hydrogen-bond donors (Lipinski definition) is 1. The molecule has 1 atom stereocenters. The van der Waals surface area contributed by atoms with E-state index in [1.165, 1.54) is 0 Å². The Morgan fingerprint density at radius 2 is 1.64 bits per heavy atom. The molecule has 1 N–H and O–H groups in total. The molecule has 1 unspecified atom stereocenters. The van der Waals surface area contributed by atoms with Crippen molar-refractivity contribution in [1.29, 1.82) is 0 Å². The number of hydrogen-bond acceptors (Lipinski definition) is 5. The van der Waals surface area contributed by atoms with Crippen LogP contribution in [-0.2, 0) is 23.9 Å². The SMILES string of the molecule is COC(=O)C1(C(=O)OC)CC1C(=O)O. The number of rotatable bonds is 3. The summed E-state index contributed by atoms with van der Waals surface area (Å²) < 4.78 is 8.76. The molecule has 0 heterocycles. The molecule has 1 fully saturated rings. The summed E-state index contributed by atoms with van der Waals surface area (Å²) in [5, 5.41) is 8.66. The van der Waals surface area contributed by atoms with Gasteiger partial charge in [-0.15, -0.1) is 0 Å². The third kappa shape index (κ3) is 1.23. The van der Waals surface area contributed by atoms with Crippen molar-refractivity contribution >= 4 is 17.9 Å². The fourth-order valence-corrected chi connectivity index (χ4v) is 1.46. The van der Waals surface area contributed by atoms with Crippen LogP contribution >= 0.6 is 0 Å². The zero-order valence-corrected chi connectivity index (χ0v) is 7.77. The van der Waals surface area contributed by atoms with E-state index in [-0.39, 0.29) is 6.42 Å². The smallest absolute Gasteiger partial charge is 0.324 e. The third-order valence-corrected chi connectivity index (χ3v) is 2.36. The van der Waals surface area contributed by atoms with Crippen molar-refractivity contribution in [3.63, 3.8) is 0 Å². The Kier molecular flexibility index (Phi) is 2.46. The molecule has 6 nitrogen and oxygen atoms in total. The molecule has 0 amide bonds. The Hall–Kier alpha value is -1.59. The maximum atomic E-state index is 11.2. The highest BCUT2D eigenvalue weighted by molar-refractivity contribution is 6.08. The summed E-state index contributed by atoms with van der Waals surface area (Å²) in [4.78, 5) is 33.1. The van der Waals surface area contributed by atoms with Crippen LogP contribution in [-0.4, -0.2) is 37.2 Å². The first-order valence-corrected chi connectivity index (χ1v) is 3.90. The van der Waals surface area contributed by atoms with Crippen molar-refractivity contribution in [1.82, 2.24) is 0 Å². The van der Waals surface area contributed by atoms with Gasteiger partial charge in [0.1, 0.15) is 0 Å². The first-order valence-electron chi connectivity index (χ1n) is 3.90. The second-order valence-corrected chi connectivity index (χ2v) is 3.05. The maximum Gasteiger partial charge on any atom is 0.324 e. The normalized spacial score (nSPS) is 22.3. The summed E-state index contributed by atoms with van der Waals surface area (Å²) >= 11 is 0. The molecule has 0 bridgehead atoms. The van der Waals surface area contributed by atoms with Gasteiger partial charge in [-0.2, -0.15) is 0 Å². The van der Waals surface area contributed by atoms with Crippen LogP contribution in [0.25, 0.3) is 0 Å². The highest BCUT2D eigenvalue weighted by atomic mass is 16.5. The average Bonchev–Trinajstić information content (AvgIpc) is 2.91. The Morgan fingerprint density at radius 1 is 1.21 bits per heavy atom. The van der Waals surface area contributed by atoms with Gasteiger partial charge in [0.05, 0.1) is 20.1 Å². The fourth-order valence-electron chi connectivity index (χ4n) is 1.46. The van der Waals surface area contributed by atoms with Crippen LogP contribution in [0.1, 0.15) is 6.42 Å². The van der Waals surface area contributed by atoms with Crippen molar-refractivity contribution in [3.05, 3.63) is 0 Å². The summed E-state index contributed by atoms with van der Waals surface area (Å²) in [7, 11) is 2.20. The number of esters is 2. The number of carboxylic acid groups (broad SMARTS) is 1. The minimum atomic E-state index is -1.62. The summed E-state index contributed by atoms with van der Waals surface area (Å²) in [6.07, 6.45) is -0.0539. The van der Waals surface area contributed by atoms with Gasteiger partial charge >= 0.3 is 17.9 Å². The van der Waals surface area contributed by atoms with Crippen molar-refractivity contribution in [2.75, 3.05) is 14.2 Å². The Labute approximate surface area is 79.8 Å². The number of carboxylic acids is 1. The number of methoxy groups -OCH3 is 2. The predicted molar refractivity (Wildman–Crippen MR) is 42.2 cm³/mol. The molecule has 0 aliphatic heterocycles. The topological polar surface area (TPSA) is 89.9 Å². The van der Waals surface area contributed by atoms with Gasteiger partial charge in [0.25, 0.3) is 0 Å². The minimum absolute atomic E-state index is 0.0539. The second-order valence-electron chi connectivity index (χ2n) is 3.05. The van der Waals surface area contributed by atoms with E-state index in [1.54, 1.807) is 0 Å².